The maximum atomic E-state index is 12.7. The van der Waals surface area contributed by atoms with Crippen molar-refractivity contribution in [3.8, 4) is 11.5 Å². The zero-order valence-electron chi connectivity index (χ0n) is 14.3. The van der Waals surface area contributed by atoms with Crippen LogP contribution in [0.5, 0.6) is 11.5 Å². The van der Waals surface area contributed by atoms with E-state index in [9.17, 15) is 19.2 Å². The normalized spacial score (nSPS) is 15.5. The third kappa shape index (κ3) is 2.79. The first-order valence-electron chi connectivity index (χ1n) is 7.94. The molecule has 6 heteroatoms. The number of hydrogen-bond acceptors (Lipinski definition) is 6. The van der Waals surface area contributed by atoms with Crippen LogP contribution in [0.2, 0.25) is 0 Å². The maximum Gasteiger partial charge on any atom is 0.185 e. The van der Waals surface area contributed by atoms with Gasteiger partial charge in [0, 0.05) is 11.1 Å². The molecule has 6 nitrogen and oxygen atoms in total. The van der Waals surface area contributed by atoms with Crippen LogP contribution in [0.25, 0.3) is 0 Å². The molecular weight excluding hydrogens is 336 g/mol. The molecule has 0 saturated heterocycles. The summed E-state index contributed by atoms with van der Waals surface area (Å²) in [5.41, 5.74) is 0.496. The Morgan fingerprint density at radius 3 is 2.23 bits per heavy atom. The number of fused-ring (bicyclic) bond motifs is 1. The zero-order chi connectivity index (χ0) is 18.8. The Morgan fingerprint density at radius 2 is 1.62 bits per heavy atom. The van der Waals surface area contributed by atoms with Crippen LogP contribution < -0.4 is 9.47 Å². The molecular formula is C20H16O6. The molecule has 0 N–H and O–H groups in total. The highest BCUT2D eigenvalue weighted by atomic mass is 16.5. The second kappa shape index (κ2) is 6.92. The lowest BCUT2D eigenvalue weighted by molar-refractivity contribution is -0.119. The lowest BCUT2D eigenvalue weighted by Gasteiger charge is -2.10. The number of carbonyl (C=O) groups excluding carboxylic acids is 4. The second-order valence-corrected chi connectivity index (χ2v) is 5.82. The van der Waals surface area contributed by atoms with Gasteiger partial charge in [-0.1, -0.05) is 30.3 Å². The molecule has 1 unspecified atom stereocenters. The summed E-state index contributed by atoms with van der Waals surface area (Å²) in [6.45, 7) is 0. The summed E-state index contributed by atoms with van der Waals surface area (Å²) in [4.78, 5) is 50.1. The average molecular weight is 352 g/mol. The Kier molecular flexibility index (Phi) is 4.67. The van der Waals surface area contributed by atoms with E-state index in [-0.39, 0.29) is 16.9 Å². The van der Waals surface area contributed by atoms with E-state index in [0.29, 0.717) is 11.3 Å². The van der Waals surface area contributed by atoms with Crippen molar-refractivity contribution in [1.82, 2.24) is 0 Å². The molecule has 0 amide bonds. The molecule has 0 aromatic heterocycles. The molecule has 2 aromatic rings. The van der Waals surface area contributed by atoms with Gasteiger partial charge in [-0.05, 0) is 12.1 Å². The third-order valence-corrected chi connectivity index (χ3v) is 4.33. The highest BCUT2D eigenvalue weighted by Crippen LogP contribution is 2.40. The molecule has 0 radical (unpaired) electrons. The van der Waals surface area contributed by atoms with Crippen LogP contribution in [0.4, 0.5) is 0 Å². The van der Waals surface area contributed by atoms with Gasteiger partial charge >= 0.3 is 0 Å². The van der Waals surface area contributed by atoms with Gasteiger partial charge in [-0.2, -0.15) is 0 Å². The van der Waals surface area contributed by atoms with Crippen LogP contribution in [0.15, 0.2) is 42.5 Å². The van der Waals surface area contributed by atoms with E-state index in [2.05, 4.69) is 0 Å². The van der Waals surface area contributed by atoms with Crippen molar-refractivity contribution in [3.05, 3.63) is 59.2 Å². The molecule has 0 spiro atoms. The van der Waals surface area contributed by atoms with Gasteiger partial charge in [-0.15, -0.1) is 0 Å². The first kappa shape index (κ1) is 17.5. The number of benzene rings is 2. The highest BCUT2D eigenvalue weighted by Gasteiger charge is 2.46. The smallest absolute Gasteiger partial charge is 0.185 e. The molecule has 0 saturated carbocycles. The summed E-state index contributed by atoms with van der Waals surface area (Å²) in [6.07, 6.45) is -0.514. The van der Waals surface area contributed by atoms with E-state index in [1.54, 1.807) is 30.3 Å². The minimum atomic E-state index is -1.52. The summed E-state index contributed by atoms with van der Waals surface area (Å²) in [5, 5.41) is 0. The predicted molar refractivity (Wildman–Crippen MR) is 92.1 cm³/mol. The van der Waals surface area contributed by atoms with Crippen molar-refractivity contribution in [2.45, 2.75) is 6.42 Å². The summed E-state index contributed by atoms with van der Waals surface area (Å²) >= 11 is 0. The molecule has 1 aliphatic rings. The van der Waals surface area contributed by atoms with Crippen LogP contribution in [-0.4, -0.2) is 37.4 Å². The maximum absolute atomic E-state index is 12.7. The summed E-state index contributed by atoms with van der Waals surface area (Å²) < 4.78 is 10.3. The lowest BCUT2D eigenvalue weighted by atomic mass is 9.93. The molecule has 132 valence electrons. The molecule has 2 aromatic carbocycles. The van der Waals surface area contributed by atoms with E-state index >= 15 is 0 Å². The number of Topliss-reactive ketones (excluding diaryl/α,β-unsaturated/α-hetero) is 4. The number of ketones is 4. The Labute approximate surface area is 149 Å². The van der Waals surface area contributed by atoms with Crippen LogP contribution in [0.1, 0.15) is 37.5 Å². The average Bonchev–Trinajstić information content (AvgIpc) is 2.92. The van der Waals surface area contributed by atoms with Gasteiger partial charge in [-0.25, -0.2) is 0 Å². The number of hydrogen-bond donors (Lipinski definition) is 0. The molecule has 0 aliphatic heterocycles. The third-order valence-electron chi connectivity index (χ3n) is 4.33. The molecule has 1 aliphatic carbocycles. The number of ether oxygens (including phenoxy) is 2. The summed E-state index contributed by atoms with van der Waals surface area (Å²) in [6, 6.07) is 11.2. The van der Waals surface area contributed by atoms with E-state index in [1.165, 1.54) is 26.4 Å². The monoisotopic (exact) mass is 352 g/mol. The number of carbonyl (C=O) groups is 4. The van der Waals surface area contributed by atoms with Gasteiger partial charge in [-0.3, -0.25) is 19.2 Å². The second-order valence-electron chi connectivity index (χ2n) is 5.82. The largest absolute Gasteiger partial charge is 0.493 e. The Hall–Kier alpha value is -3.28. The molecule has 0 fully saturated rings. The SMILES string of the molecule is COc1ccc2c(c1OC)C(=O)C(C(=O)CC(=O)c1ccccc1)C2=O. The quantitative estimate of drug-likeness (QED) is 0.586. The van der Waals surface area contributed by atoms with E-state index in [4.69, 9.17) is 9.47 Å². The predicted octanol–water partition coefficient (Wildman–Crippen LogP) is 2.54. The standard InChI is InChI=1S/C20H16O6/c1-25-15-9-8-12-16(20(15)26-2)19(24)17(18(12)23)14(22)10-13(21)11-6-4-3-5-7-11/h3-9,17H,10H2,1-2H3. The summed E-state index contributed by atoms with van der Waals surface area (Å²) in [5.74, 6) is -3.53. The van der Waals surface area contributed by atoms with Crippen LogP contribution in [0, 0.1) is 5.92 Å². The molecule has 26 heavy (non-hydrogen) atoms. The molecule has 3 rings (SSSR count). The summed E-state index contributed by atoms with van der Waals surface area (Å²) in [7, 11) is 2.76. The fourth-order valence-electron chi connectivity index (χ4n) is 3.07. The van der Waals surface area contributed by atoms with Gasteiger partial charge < -0.3 is 9.47 Å². The van der Waals surface area contributed by atoms with E-state index in [1.807, 2.05) is 0 Å². The molecule has 0 heterocycles. The molecule has 1 atom stereocenters. The highest BCUT2D eigenvalue weighted by molar-refractivity contribution is 6.37. The number of rotatable bonds is 6. The fourth-order valence-corrected chi connectivity index (χ4v) is 3.07. The van der Waals surface area contributed by atoms with Crippen molar-refractivity contribution in [2.75, 3.05) is 14.2 Å². The van der Waals surface area contributed by atoms with Crippen molar-refractivity contribution >= 4 is 23.1 Å². The van der Waals surface area contributed by atoms with Gasteiger partial charge in [0.1, 0.15) is 5.92 Å². The van der Waals surface area contributed by atoms with Crippen LogP contribution >= 0.6 is 0 Å². The van der Waals surface area contributed by atoms with Crippen molar-refractivity contribution < 1.29 is 28.7 Å². The molecule has 0 bridgehead atoms. The van der Waals surface area contributed by atoms with Crippen molar-refractivity contribution in [1.29, 1.82) is 0 Å². The van der Waals surface area contributed by atoms with Crippen molar-refractivity contribution in [2.24, 2.45) is 5.92 Å². The van der Waals surface area contributed by atoms with Gasteiger partial charge in [0.05, 0.1) is 26.2 Å². The van der Waals surface area contributed by atoms with Crippen LogP contribution in [-0.2, 0) is 4.79 Å². The Morgan fingerprint density at radius 1 is 0.923 bits per heavy atom. The zero-order valence-corrected chi connectivity index (χ0v) is 14.3. The topological polar surface area (TPSA) is 86.7 Å². The van der Waals surface area contributed by atoms with E-state index < -0.39 is 35.5 Å². The lowest BCUT2D eigenvalue weighted by Crippen LogP contribution is -2.27. The first-order chi connectivity index (χ1) is 12.5. The Balaban J connectivity index is 1.90. The minimum Gasteiger partial charge on any atom is -0.493 e. The van der Waals surface area contributed by atoms with Crippen molar-refractivity contribution in [3.63, 3.8) is 0 Å². The Bertz CT molecular complexity index is 913. The van der Waals surface area contributed by atoms with E-state index in [0.717, 1.165) is 0 Å². The van der Waals surface area contributed by atoms with Gasteiger partial charge in [0.2, 0.25) is 0 Å². The van der Waals surface area contributed by atoms with Crippen LogP contribution in [0.3, 0.4) is 0 Å². The van der Waals surface area contributed by atoms with Gasteiger partial charge in [0.25, 0.3) is 0 Å². The minimum absolute atomic E-state index is 0.0300. The first-order valence-corrected chi connectivity index (χ1v) is 7.94. The number of methoxy groups -OCH3 is 2. The fraction of sp³-hybridized carbons (Fsp3) is 0.200. The van der Waals surface area contributed by atoms with Gasteiger partial charge in [0.15, 0.2) is 34.6 Å².